The number of carbonyl (C=O) groups excluding carboxylic acids is 2. The van der Waals surface area contributed by atoms with Crippen molar-refractivity contribution in [1.29, 1.82) is 0 Å². The number of nitrogens with zero attached hydrogens (tertiary/aromatic N) is 4. The van der Waals surface area contributed by atoms with Crippen molar-refractivity contribution in [2.75, 3.05) is 15.5 Å². The van der Waals surface area contributed by atoms with Gasteiger partial charge >= 0.3 is 6.18 Å². The number of benzene rings is 1. The Hall–Kier alpha value is -4.48. The number of aromatic nitrogens is 3. The first kappa shape index (κ1) is 23.7. The third-order valence-electron chi connectivity index (χ3n) is 4.91. The van der Waals surface area contributed by atoms with E-state index in [4.69, 9.17) is 4.42 Å². The number of aryl methyl sites for hydroxylation is 1. The van der Waals surface area contributed by atoms with Gasteiger partial charge in [0, 0.05) is 30.8 Å². The normalized spacial score (nSPS) is 13.4. The molecule has 0 unspecified atom stereocenters. The van der Waals surface area contributed by atoms with Crippen molar-refractivity contribution in [2.24, 2.45) is 0 Å². The molecule has 1 aliphatic carbocycles. The average Bonchev–Trinajstić information content (AvgIpc) is 3.32. The molecule has 0 saturated carbocycles. The zero-order chi connectivity index (χ0) is 25.2. The van der Waals surface area contributed by atoms with Crippen LogP contribution in [0.25, 0.3) is 0 Å². The number of amides is 1. The van der Waals surface area contributed by atoms with Gasteiger partial charge in [-0.15, -0.1) is 0 Å². The zero-order valence-electron chi connectivity index (χ0n) is 18.6. The monoisotopic (exact) mass is 484 g/mol. The van der Waals surface area contributed by atoms with Crippen LogP contribution in [0.2, 0.25) is 0 Å². The largest absolute Gasteiger partial charge is 0.427 e. The Labute approximate surface area is 197 Å². The van der Waals surface area contributed by atoms with Gasteiger partial charge in [-0.3, -0.25) is 14.5 Å². The van der Waals surface area contributed by atoms with Gasteiger partial charge in [0.25, 0.3) is 0 Å². The number of hydrogen-bond donors (Lipinski definition) is 2. The summed E-state index contributed by atoms with van der Waals surface area (Å²) in [6.45, 7) is 2.84. The fourth-order valence-electron chi connectivity index (χ4n) is 3.39. The molecule has 2 heterocycles. The molecule has 1 aromatic carbocycles. The van der Waals surface area contributed by atoms with Crippen molar-refractivity contribution in [3.63, 3.8) is 0 Å². The number of anilines is 5. The number of ketones is 1. The third kappa shape index (κ3) is 5.21. The lowest BCUT2D eigenvalue weighted by Gasteiger charge is -2.25. The predicted octanol–water partition coefficient (Wildman–Crippen LogP) is 5.04. The maximum absolute atomic E-state index is 13.6. The minimum Gasteiger partial charge on any atom is -0.427 e. The van der Waals surface area contributed by atoms with Crippen molar-refractivity contribution in [3.05, 3.63) is 72.0 Å². The van der Waals surface area contributed by atoms with Crippen molar-refractivity contribution in [1.82, 2.24) is 15.0 Å². The number of allylic oxidation sites excluding steroid dienone is 4. The summed E-state index contributed by atoms with van der Waals surface area (Å²) in [5.74, 6) is -0.321. The number of carbonyl (C=O) groups is 2. The van der Waals surface area contributed by atoms with Crippen molar-refractivity contribution in [3.8, 4) is 0 Å². The van der Waals surface area contributed by atoms with E-state index in [0.717, 1.165) is 19.1 Å². The molecule has 0 bridgehead atoms. The van der Waals surface area contributed by atoms with E-state index in [1.165, 1.54) is 29.8 Å². The SMILES string of the molecule is CC(=O)Nc1ccc(Nc2ncc(C)c(N(C3=CC=CCC3=O)c3cnco3)n2)cc1C(F)(F)F. The lowest BCUT2D eigenvalue weighted by Crippen LogP contribution is -2.25. The molecule has 12 heteroatoms. The molecule has 3 aromatic rings. The first-order valence-corrected chi connectivity index (χ1v) is 10.3. The highest BCUT2D eigenvalue weighted by molar-refractivity contribution is 6.02. The quantitative estimate of drug-likeness (QED) is 0.500. The van der Waals surface area contributed by atoms with Crippen LogP contribution in [0.5, 0.6) is 0 Å². The summed E-state index contributed by atoms with van der Waals surface area (Å²) in [5.41, 5.74) is -0.488. The van der Waals surface area contributed by atoms with Gasteiger partial charge in [0.1, 0.15) is 5.82 Å². The second-order valence-electron chi connectivity index (χ2n) is 7.55. The molecule has 0 aliphatic heterocycles. The Morgan fingerprint density at radius 3 is 2.69 bits per heavy atom. The van der Waals surface area contributed by atoms with Crippen molar-refractivity contribution in [2.45, 2.75) is 26.4 Å². The Balaban J connectivity index is 1.73. The van der Waals surface area contributed by atoms with Crippen LogP contribution in [0.4, 0.5) is 42.2 Å². The predicted molar refractivity (Wildman–Crippen MR) is 121 cm³/mol. The first-order valence-electron chi connectivity index (χ1n) is 10.3. The molecule has 1 aliphatic rings. The Morgan fingerprint density at radius 1 is 1.23 bits per heavy atom. The molecule has 0 atom stereocenters. The molecule has 0 fully saturated rings. The Bertz CT molecular complexity index is 1330. The summed E-state index contributed by atoms with van der Waals surface area (Å²) in [4.78, 5) is 37.9. The zero-order valence-corrected chi connectivity index (χ0v) is 18.6. The van der Waals surface area contributed by atoms with E-state index >= 15 is 0 Å². The maximum atomic E-state index is 13.6. The van der Waals surface area contributed by atoms with E-state index in [1.54, 1.807) is 25.2 Å². The van der Waals surface area contributed by atoms with E-state index < -0.39 is 17.6 Å². The van der Waals surface area contributed by atoms with E-state index in [1.807, 2.05) is 0 Å². The highest BCUT2D eigenvalue weighted by Gasteiger charge is 2.34. The van der Waals surface area contributed by atoms with E-state index in [9.17, 15) is 22.8 Å². The van der Waals surface area contributed by atoms with E-state index in [0.29, 0.717) is 5.56 Å². The van der Waals surface area contributed by atoms with Crippen LogP contribution in [0.3, 0.4) is 0 Å². The number of nitrogens with one attached hydrogen (secondary N) is 2. The average molecular weight is 484 g/mol. The second kappa shape index (κ2) is 9.41. The van der Waals surface area contributed by atoms with Gasteiger partial charge in [-0.05, 0) is 31.2 Å². The number of Topliss-reactive ketones (excluding diaryl/α,β-unsaturated/α-hetero) is 1. The highest BCUT2D eigenvalue weighted by atomic mass is 19.4. The van der Waals surface area contributed by atoms with Gasteiger partial charge in [-0.2, -0.15) is 18.2 Å². The van der Waals surface area contributed by atoms with Crippen LogP contribution in [-0.2, 0) is 15.8 Å². The fraction of sp³-hybridized carbons (Fsp3) is 0.174. The van der Waals surface area contributed by atoms with Crippen LogP contribution >= 0.6 is 0 Å². The molecule has 0 saturated heterocycles. The van der Waals surface area contributed by atoms with Gasteiger partial charge in [0.2, 0.25) is 17.7 Å². The summed E-state index contributed by atoms with van der Waals surface area (Å²) in [6, 6.07) is 3.34. The number of halogens is 3. The molecule has 0 radical (unpaired) electrons. The van der Waals surface area contributed by atoms with Crippen molar-refractivity contribution < 1.29 is 27.2 Å². The van der Waals surface area contributed by atoms with Crippen LogP contribution in [0.15, 0.2) is 65.3 Å². The smallest absolute Gasteiger partial charge is 0.418 e. The van der Waals surface area contributed by atoms with Crippen LogP contribution in [-0.4, -0.2) is 26.6 Å². The Morgan fingerprint density at radius 2 is 2.03 bits per heavy atom. The fourth-order valence-corrected chi connectivity index (χ4v) is 3.39. The molecular weight excluding hydrogens is 465 g/mol. The number of hydrogen-bond acceptors (Lipinski definition) is 8. The van der Waals surface area contributed by atoms with Gasteiger partial charge in [0.15, 0.2) is 12.2 Å². The van der Waals surface area contributed by atoms with E-state index in [-0.39, 0.29) is 46.9 Å². The molecule has 0 spiro atoms. The lowest BCUT2D eigenvalue weighted by molar-refractivity contribution is -0.137. The molecular formula is C23H19F3N6O3. The summed E-state index contributed by atoms with van der Waals surface area (Å²) in [5, 5.41) is 4.93. The molecule has 4 rings (SSSR count). The van der Waals surface area contributed by atoms with Gasteiger partial charge in [-0.1, -0.05) is 12.2 Å². The van der Waals surface area contributed by atoms with Crippen molar-refractivity contribution >= 4 is 40.7 Å². The Kier molecular flexibility index (Phi) is 6.36. The van der Waals surface area contributed by atoms with E-state index in [2.05, 4.69) is 25.6 Å². The van der Waals surface area contributed by atoms with Crippen LogP contribution in [0.1, 0.15) is 24.5 Å². The number of alkyl halides is 3. The van der Waals surface area contributed by atoms with Gasteiger partial charge in [-0.25, -0.2) is 9.97 Å². The first-order chi connectivity index (χ1) is 16.6. The van der Waals surface area contributed by atoms with Crippen LogP contribution in [0, 0.1) is 6.92 Å². The molecule has 1 amide bonds. The summed E-state index contributed by atoms with van der Waals surface area (Å²) < 4.78 is 46.1. The maximum Gasteiger partial charge on any atom is 0.418 e. The molecule has 35 heavy (non-hydrogen) atoms. The molecule has 9 nitrogen and oxygen atoms in total. The number of oxazole rings is 1. The summed E-state index contributed by atoms with van der Waals surface area (Å²) >= 11 is 0. The second-order valence-corrected chi connectivity index (χ2v) is 7.55. The topological polar surface area (TPSA) is 113 Å². The standard InChI is InChI=1S/C23H19F3N6O3/c1-13-10-28-22(30-15-7-8-17(29-14(2)33)16(9-15)23(24,25)26)31-21(13)32(20-11-27-12-35-20)18-5-3-4-6-19(18)34/h3-5,7-12H,6H2,1-2H3,(H,29,33)(H,28,30,31). The molecule has 2 N–H and O–H groups in total. The van der Waals surface area contributed by atoms with Crippen LogP contribution < -0.4 is 15.5 Å². The lowest BCUT2D eigenvalue weighted by atomic mass is 10.1. The third-order valence-corrected chi connectivity index (χ3v) is 4.91. The van der Waals surface area contributed by atoms with Gasteiger partial charge in [0.05, 0.1) is 23.1 Å². The minimum atomic E-state index is -4.71. The minimum absolute atomic E-state index is 0.0186. The van der Waals surface area contributed by atoms with Gasteiger partial charge < -0.3 is 15.1 Å². The molecule has 180 valence electrons. The highest BCUT2D eigenvalue weighted by Crippen LogP contribution is 2.37. The number of rotatable bonds is 6. The summed E-state index contributed by atoms with van der Waals surface area (Å²) in [6.07, 6.45) is 4.62. The molecule has 2 aromatic heterocycles. The summed E-state index contributed by atoms with van der Waals surface area (Å²) in [7, 11) is 0.